The van der Waals surface area contributed by atoms with Crippen molar-refractivity contribution in [2.75, 3.05) is 12.4 Å². The van der Waals surface area contributed by atoms with E-state index in [1.54, 1.807) is 24.3 Å². The molecule has 0 saturated carbocycles. The fraction of sp³-hybridized carbons (Fsp3) is 0.133. The average Bonchev–Trinajstić information content (AvgIpc) is 2.44. The molecule has 0 aromatic heterocycles. The van der Waals surface area contributed by atoms with Gasteiger partial charge in [0.15, 0.2) is 0 Å². The molecule has 0 atom stereocenters. The summed E-state index contributed by atoms with van der Waals surface area (Å²) in [4.78, 5) is 11.8. The van der Waals surface area contributed by atoms with Crippen molar-refractivity contribution in [3.05, 3.63) is 54.1 Å². The Bertz CT molecular complexity index is 793. The van der Waals surface area contributed by atoms with Crippen molar-refractivity contribution in [1.29, 1.82) is 0 Å². The maximum absolute atomic E-state index is 11.8. The van der Waals surface area contributed by atoms with Gasteiger partial charge in [-0.1, -0.05) is 30.9 Å². The molecule has 0 amide bonds. The Labute approximate surface area is 122 Å². The van der Waals surface area contributed by atoms with Crippen LogP contribution in [0.25, 0.3) is 16.8 Å². The normalized spacial score (nSPS) is 11.3. The highest BCUT2D eigenvalue weighted by Gasteiger charge is 2.08. The summed E-state index contributed by atoms with van der Waals surface area (Å²) in [5, 5.41) is 1.80. The van der Waals surface area contributed by atoms with E-state index in [0.717, 1.165) is 16.3 Å². The van der Waals surface area contributed by atoms with Crippen molar-refractivity contribution >= 4 is 32.9 Å². The highest BCUT2D eigenvalue weighted by molar-refractivity contribution is 7.85. The third-order valence-corrected chi connectivity index (χ3v) is 3.57. The Kier molecular flexibility index (Phi) is 4.40. The minimum Gasteiger partial charge on any atom is -0.748 e. The maximum atomic E-state index is 11.8. The number of ether oxygens (including phenoxy) is 1. The molecule has 2 rings (SSSR count). The van der Waals surface area contributed by atoms with Crippen molar-refractivity contribution < 1.29 is 22.5 Å². The van der Waals surface area contributed by atoms with Crippen LogP contribution in [0.5, 0.6) is 0 Å². The van der Waals surface area contributed by atoms with Crippen LogP contribution in [0.3, 0.4) is 0 Å². The molecule has 0 aliphatic carbocycles. The van der Waals surface area contributed by atoms with E-state index < -0.39 is 28.4 Å². The number of esters is 1. The summed E-state index contributed by atoms with van der Waals surface area (Å²) in [6, 6.07) is 10.7. The van der Waals surface area contributed by atoms with Crippen LogP contribution in [-0.2, 0) is 14.9 Å². The van der Waals surface area contributed by atoms with Crippen molar-refractivity contribution in [3.63, 3.8) is 0 Å². The minimum atomic E-state index is -4.38. The molecule has 0 aliphatic heterocycles. The van der Waals surface area contributed by atoms with Crippen LogP contribution in [0.15, 0.2) is 43.0 Å². The average molecular weight is 305 g/mol. The third-order valence-electron chi connectivity index (χ3n) is 2.90. The predicted molar refractivity (Wildman–Crippen MR) is 78.9 cm³/mol. The molecule has 0 fully saturated rings. The lowest BCUT2D eigenvalue weighted by atomic mass is 10.0. The smallest absolute Gasteiger partial charge is 0.338 e. The molecule has 0 unspecified atom stereocenters. The lowest BCUT2D eigenvalue weighted by molar-refractivity contribution is 0.0528. The van der Waals surface area contributed by atoms with Gasteiger partial charge in [0.25, 0.3) is 0 Å². The Morgan fingerprint density at radius 3 is 2.52 bits per heavy atom. The number of benzene rings is 2. The van der Waals surface area contributed by atoms with Gasteiger partial charge in [-0.25, -0.2) is 13.2 Å². The van der Waals surface area contributed by atoms with E-state index in [0.29, 0.717) is 5.56 Å². The molecule has 21 heavy (non-hydrogen) atoms. The molecule has 6 heteroatoms. The van der Waals surface area contributed by atoms with Crippen LogP contribution in [-0.4, -0.2) is 31.3 Å². The molecular formula is C15H13O5S-. The van der Waals surface area contributed by atoms with Crippen LogP contribution in [0.1, 0.15) is 15.9 Å². The first-order valence-corrected chi connectivity index (χ1v) is 7.74. The number of fused-ring (bicyclic) bond motifs is 1. The van der Waals surface area contributed by atoms with E-state index in [4.69, 9.17) is 4.74 Å². The number of hydrogen-bond donors (Lipinski definition) is 0. The van der Waals surface area contributed by atoms with Crippen molar-refractivity contribution in [2.24, 2.45) is 0 Å². The van der Waals surface area contributed by atoms with Crippen LogP contribution in [0.4, 0.5) is 0 Å². The summed E-state index contributed by atoms with van der Waals surface area (Å²) in [5.41, 5.74) is 1.27. The molecule has 0 spiro atoms. The number of rotatable bonds is 5. The summed E-state index contributed by atoms with van der Waals surface area (Å²) in [6.07, 6.45) is 1.73. The van der Waals surface area contributed by atoms with Crippen LogP contribution >= 0.6 is 0 Å². The summed E-state index contributed by atoms with van der Waals surface area (Å²) in [6.45, 7) is 3.24. The molecule has 0 radical (unpaired) electrons. The van der Waals surface area contributed by atoms with E-state index >= 15 is 0 Å². The molecule has 0 bridgehead atoms. The van der Waals surface area contributed by atoms with Crippen LogP contribution < -0.4 is 0 Å². The van der Waals surface area contributed by atoms with Gasteiger partial charge in [0.2, 0.25) is 0 Å². The Balaban J connectivity index is 2.15. The van der Waals surface area contributed by atoms with E-state index in [2.05, 4.69) is 6.58 Å². The van der Waals surface area contributed by atoms with E-state index in [1.807, 2.05) is 18.2 Å². The standard InChI is InChI=1S/C15H14O5S/c1-2-11-3-4-13-10-14(6-5-12(13)9-11)15(16)20-7-8-21(17,18)19/h2-6,9-10H,1,7-8H2,(H,17,18,19)/p-1. The topological polar surface area (TPSA) is 83.5 Å². The fourth-order valence-electron chi connectivity index (χ4n) is 1.84. The second-order valence-corrected chi connectivity index (χ2v) is 5.95. The quantitative estimate of drug-likeness (QED) is 0.624. The molecule has 5 nitrogen and oxygen atoms in total. The van der Waals surface area contributed by atoms with Gasteiger partial charge < -0.3 is 9.29 Å². The van der Waals surface area contributed by atoms with Gasteiger partial charge in [0.05, 0.1) is 21.4 Å². The molecule has 110 valence electrons. The highest BCUT2D eigenvalue weighted by atomic mass is 32.2. The second kappa shape index (κ2) is 6.07. The van der Waals surface area contributed by atoms with Crippen molar-refractivity contribution in [2.45, 2.75) is 0 Å². The Morgan fingerprint density at radius 2 is 1.86 bits per heavy atom. The van der Waals surface area contributed by atoms with Gasteiger partial charge >= 0.3 is 5.97 Å². The zero-order chi connectivity index (χ0) is 15.5. The second-order valence-electron chi connectivity index (χ2n) is 4.42. The van der Waals surface area contributed by atoms with E-state index in [1.165, 1.54) is 0 Å². The zero-order valence-corrected chi connectivity index (χ0v) is 11.9. The van der Waals surface area contributed by atoms with Gasteiger partial charge in [-0.2, -0.15) is 0 Å². The lowest BCUT2D eigenvalue weighted by Crippen LogP contribution is -2.14. The first-order chi connectivity index (χ1) is 9.89. The monoisotopic (exact) mass is 305 g/mol. The molecule has 0 aliphatic rings. The Hall–Kier alpha value is -2.18. The molecule has 0 N–H and O–H groups in total. The SMILES string of the molecule is C=Cc1ccc2cc(C(=O)OCCS(=O)(=O)[O-])ccc2c1. The first kappa shape index (κ1) is 15.2. The number of hydrogen-bond acceptors (Lipinski definition) is 5. The molecule has 0 saturated heterocycles. The molecule has 2 aromatic carbocycles. The first-order valence-electron chi connectivity index (χ1n) is 6.16. The summed E-state index contributed by atoms with van der Waals surface area (Å²) >= 11 is 0. The highest BCUT2D eigenvalue weighted by Crippen LogP contribution is 2.19. The van der Waals surface area contributed by atoms with E-state index in [-0.39, 0.29) is 0 Å². The number of carbonyl (C=O) groups is 1. The minimum absolute atomic E-state index is 0.303. The van der Waals surface area contributed by atoms with E-state index in [9.17, 15) is 17.8 Å². The summed E-state index contributed by atoms with van der Waals surface area (Å²) < 4.78 is 36.1. The van der Waals surface area contributed by atoms with Gasteiger partial charge in [0, 0.05) is 0 Å². The van der Waals surface area contributed by atoms with Crippen molar-refractivity contribution in [1.82, 2.24) is 0 Å². The van der Waals surface area contributed by atoms with Crippen LogP contribution in [0, 0.1) is 0 Å². The Morgan fingerprint density at radius 1 is 1.19 bits per heavy atom. The van der Waals surface area contributed by atoms with Gasteiger partial charge in [-0.3, -0.25) is 0 Å². The molecule has 0 heterocycles. The molecule has 2 aromatic rings. The largest absolute Gasteiger partial charge is 0.748 e. The summed E-state index contributed by atoms with van der Waals surface area (Å²) in [7, 11) is -4.38. The summed E-state index contributed by atoms with van der Waals surface area (Å²) in [5.74, 6) is -1.39. The maximum Gasteiger partial charge on any atom is 0.338 e. The lowest BCUT2D eigenvalue weighted by Gasteiger charge is -2.08. The zero-order valence-electron chi connectivity index (χ0n) is 11.1. The van der Waals surface area contributed by atoms with Crippen LogP contribution in [0.2, 0.25) is 0 Å². The van der Waals surface area contributed by atoms with Gasteiger partial charge in [-0.05, 0) is 34.5 Å². The third kappa shape index (κ3) is 4.14. The van der Waals surface area contributed by atoms with Crippen molar-refractivity contribution in [3.8, 4) is 0 Å². The number of carbonyl (C=O) groups excluding carboxylic acids is 1. The van der Waals surface area contributed by atoms with Gasteiger partial charge in [-0.15, -0.1) is 0 Å². The molecular weight excluding hydrogens is 292 g/mol. The fourth-order valence-corrected chi connectivity index (χ4v) is 2.13. The van der Waals surface area contributed by atoms with Gasteiger partial charge in [0.1, 0.15) is 6.61 Å². The predicted octanol–water partition coefficient (Wildman–Crippen LogP) is 2.18.